The third-order valence-corrected chi connectivity index (χ3v) is 4.87. The Bertz CT molecular complexity index is 967. The molecule has 12 heteroatoms. The Labute approximate surface area is 148 Å². The molecule has 0 atom stereocenters. The molecule has 0 aliphatic heterocycles. The van der Waals surface area contributed by atoms with Crippen LogP contribution in [0.2, 0.25) is 0 Å². The fourth-order valence-corrected chi connectivity index (χ4v) is 3.29. The molecular weight excluding hydrogens is 375 g/mol. The van der Waals surface area contributed by atoms with Crippen molar-refractivity contribution < 1.29 is 27.1 Å². The highest BCUT2D eigenvalue weighted by Gasteiger charge is 2.28. The molecule has 0 bridgehead atoms. The molecular formula is C13H15FN4O5S2. The summed E-state index contributed by atoms with van der Waals surface area (Å²) in [6.45, 7) is 1.98. The number of halogens is 1. The number of carbonyl (C=O) groups is 1. The molecule has 1 amide bonds. The number of amides is 1. The minimum absolute atomic E-state index is 0.0310. The molecule has 0 saturated heterocycles. The predicted molar refractivity (Wildman–Crippen MR) is 87.3 cm³/mol. The van der Waals surface area contributed by atoms with Gasteiger partial charge in [-0.25, -0.2) is 22.3 Å². The van der Waals surface area contributed by atoms with Crippen LogP contribution < -0.4 is 14.2 Å². The fourth-order valence-electron chi connectivity index (χ4n) is 1.93. The Hall–Kier alpha value is -2.47. The molecule has 136 valence electrons. The van der Waals surface area contributed by atoms with E-state index in [4.69, 9.17) is 21.7 Å². The summed E-state index contributed by atoms with van der Waals surface area (Å²) in [6, 6.07) is 2.31. The highest BCUT2D eigenvalue weighted by molar-refractivity contribution is 7.90. The van der Waals surface area contributed by atoms with Gasteiger partial charge in [0, 0.05) is 7.05 Å². The van der Waals surface area contributed by atoms with Gasteiger partial charge >= 0.3 is 12.0 Å². The lowest BCUT2D eigenvalue weighted by molar-refractivity contribution is 0.242. The lowest BCUT2D eigenvalue weighted by Crippen LogP contribution is -2.35. The van der Waals surface area contributed by atoms with Crippen LogP contribution in [0.4, 0.5) is 9.18 Å². The molecule has 2 rings (SSSR count). The molecule has 25 heavy (non-hydrogen) atoms. The van der Waals surface area contributed by atoms with E-state index in [2.05, 4.69) is 5.10 Å². The minimum Gasteiger partial charge on any atom is -0.495 e. The van der Waals surface area contributed by atoms with Crippen molar-refractivity contribution in [3.05, 3.63) is 28.8 Å². The molecule has 0 fully saturated rings. The van der Waals surface area contributed by atoms with E-state index in [-0.39, 0.29) is 23.1 Å². The standard InChI is InChI=1S/C13H15FN4O5S2/c1-4-23-12-15-18(13(24)17(12)2)11(19)16-25(20,21)10-8(14)6-5-7-9(10)22-3/h5-7H,4H2,1-3H3,(H,16,19). The predicted octanol–water partition coefficient (Wildman–Crippen LogP) is 1.44. The number of hydrogen-bond donors (Lipinski definition) is 1. The summed E-state index contributed by atoms with van der Waals surface area (Å²) in [5.41, 5.74) is 0. The van der Waals surface area contributed by atoms with E-state index in [9.17, 15) is 17.6 Å². The number of carbonyl (C=O) groups excluding carboxylic acids is 1. The van der Waals surface area contributed by atoms with Crippen molar-refractivity contribution in [1.29, 1.82) is 0 Å². The first-order valence-corrected chi connectivity index (χ1v) is 8.80. The average molecular weight is 390 g/mol. The van der Waals surface area contributed by atoms with Crippen molar-refractivity contribution in [3.63, 3.8) is 0 Å². The molecule has 0 radical (unpaired) electrons. The van der Waals surface area contributed by atoms with Gasteiger partial charge in [-0.3, -0.25) is 4.57 Å². The van der Waals surface area contributed by atoms with Crippen molar-refractivity contribution in [2.45, 2.75) is 11.8 Å². The number of nitrogens with one attached hydrogen (secondary N) is 1. The van der Waals surface area contributed by atoms with Gasteiger partial charge in [-0.2, -0.15) is 0 Å². The average Bonchev–Trinajstić information content (AvgIpc) is 2.83. The topological polar surface area (TPSA) is 104 Å². The summed E-state index contributed by atoms with van der Waals surface area (Å²) >= 11 is 5.01. The van der Waals surface area contributed by atoms with Gasteiger partial charge in [0.05, 0.1) is 13.7 Å². The Morgan fingerprint density at radius 1 is 1.44 bits per heavy atom. The van der Waals surface area contributed by atoms with Gasteiger partial charge in [0.2, 0.25) is 4.77 Å². The van der Waals surface area contributed by atoms with E-state index in [0.29, 0.717) is 4.68 Å². The fraction of sp³-hybridized carbons (Fsp3) is 0.308. The Morgan fingerprint density at radius 3 is 2.72 bits per heavy atom. The van der Waals surface area contributed by atoms with Crippen LogP contribution in [0.25, 0.3) is 0 Å². The van der Waals surface area contributed by atoms with Crippen molar-refractivity contribution in [2.24, 2.45) is 7.05 Å². The van der Waals surface area contributed by atoms with Gasteiger partial charge in [0.1, 0.15) is 11.6 Å². The second-order valence-electron chi connectivity index (χ2n) is 4.65. The largest absolute Gasteiger partial charge is 0.495 e. The van der Waals surface area contributed by atoms with E-state index >= 15 is 0 Å². The van der Waals surface area contributed by atoms with E-state index in [0.717, 1.165) is 6.07 Å². The van der Waals surface area contributed by atoms with Crippen LogP contribution >= 0.6 is 12.2 Å². The Balaban J connectivity index is 2.41. The molecule has 1 N–H and O–H groups in total. The van der Waals surface area contributed by atoms with Crippen LogP contribution in [-0.4, -0.2) is 42.5 Å². The quantitative estimate of drug-likeness (QED) is 0.771. The summed E-state index contributed by atoms with van der Waals surface area (Å²) in [5.74, 6) is -1.32. The smallest absolute Gasteiger partial charge is 0.358 e. The lowest BCUT2D eigenvalue weighted by atomic mass is 10.3. The van der Waals surface area contributed by atoms with E-state index in [1.165, 1.54) is 30.9 Å². The second kappa shape index (κ2) is 7.19. The Kier molecular flexibility index (Phi) is 5.42. The molecule has 2 aromatic rings. The molecule has 0 saturated carbocycles. The molecule has 0 aliphatic rings. The van der Waals surface area contributed by atoms with E-state index < -0.39 is 26.8 Å². The van der Waals surface area contributed by atoms with Gasteiger partial charge in [-0.1, -0.05) is 6.07 Å². The number of methoxy groups -OCH3 is 1. The van der Waals surface area contributed by atoms with Crippen LogP contribution in [0.1, 0.15) is 6.92 Å². The molecule has 1 aromatic carbocycles. The first kappa shape index (κ1) is 18.9. The zero-order valence-corrected chi connectivity index (χ0v) is 15.1. The van der Waals surface area contributed by atoms with Gasteiger partial charge in [0.15, 0.2) is 4.90 Å². The van der Waals surface area contributed by atoms with E-state index in [1.807, 2.05) is 0 Å². The number of aromatic nitrogens is 3. The minimum atomic E-state index is -4.57. The van der Waals surface area contributed by atoms with Gasteiger partial charge < -0.3 is 9.47 Å². The molecule has 0 unspecified atom stereocenters. The van der Waals surface area contributed by atoms with Crippen LogP contribution in [-0.2, 0) is 17.1 Å². The molecule has 9 nitrogen and oxygen atoms in total. The molecule has 0 spiro atoms. The maximum atomic E-state index is 14.0. The first-order chi connectivity index (χ1) is 11.7. The van der Waals surface area contributed by atoms with Gasteiger partial charge in [-0.05, 0) is 31.3 Å². The Morgan fingerprint density at radius 2 is 2.12 bits per heavy atom. The molecule has 1 heterocycles. The first-order valence-electron chi connectivity index (χ1n) is 6.91. The number of ether oxygens (including phenoxy) is 2. The van der Waals surface area contributed by atoms with Gasteiger partial charge in [0.25, 0.3) is 10.0 Å². The monoisotopic (exact) mass is 390 g/mol. The van der Waals surface area contributed by atoms with Crippen molar-refractivity contribution in [3.8, 4) is 11.8 Å². The summed E-state index contributed by atoms with van der Waals surface area (Å²) < 4.78 is 52.3. The van der Waals surface area contributed by atoms with Crippen LogP contribution in [0, 0.1) is 10.6 Å². The van der Waals surface area contributed by atoms with Crippen LogP contribution in [0.3, 0.4) is 0 Å². The molecule has 1 aromatic heterocycles. The summed E-state index contributed by atoms with van der Waals surface area (Å²) in [4.78, 5) is 11.5. The normalized spacial score (nSPS) is 11.2. The SMILES string of the molecule is CCOc1nn(C(=O)NS(=O)(=O)c2c(F)cccc2OC)c(=S)n1C. The molecule has 0 aliphatic carbocycles. The number of nitrogens with zero attached hydrogens (tertiary/aromatic N) is 3. The van der Waals surface area contributed by atoms with Crippen molar-refractivity contribution in [1.82, 2.24) is 19.1 Å². The highest BCUT2D eigenvalue weighted by Crippen LogP contribution is 2.26. The van der Waals surface area contributed by atoms with Crippen molar-refractivity contribution >= 4 is 28.3 Å². The highest BCUT2D eigenvalue weighted by atomic mass is 32.2. The van der Waals surface area contributed by atoms with E-state index in [1.54, 1.807) is 11.6 Å². The maximum Gasteiger partial charge on any atom is 0.358 e. The number of hydrogen-bond acceptors (Lipinski definition) is 7. The van der Waals surface area contributed by atoms with Crippen LogP contribution in [0.15, 0.2) is 23.1 Å². The van der Waals surface area contributed by atoms with Crippen molar-refractivity contribution in [2.75, 3.05) is 13.7 Å². The van der Waals surface area contributed by atoms with Gasteiger partial charge in [-0.15, -0.1) is 9.78 Å². The maximum absolute atomic E-state index is 14.0. The second-order valence-corrected chi connectivity index (χ2v) is 6.64. The summed E-state index contributed by atoms with van der Waals surface area (Å²) in [7, 11) is -1.89. The number of sulfonamides is 1. The number of rotatable bonds is 5. The number of benzene rings is 1. The summed E-state index contributed by atoms with van der Waals surface area (Å²) in [6.07, 6.45) is 0. The lowest BCUT2D eigenvalue weighted by Gasteiger charge is -2.11. The van der Waals surface area contributed by atoms with Crippen LogP contribution in [0.5, 0.6) is 11.8 Å². The zero-order chi connectivity index (χ0) is 18.8. The third-order valence-electron chi connectivity index (χ3n) is 3.05. The summed E-state index contributed by atoms with van der Waals surface area (Å²) in [5, 5.41) is 3.79. The zero-order valence-electron chi connectivity index (χ0n) is 13.5. The third kappa shape index (κ3) is 3.64.